The van der Waals surface area contributed by atoms with E-state index in [1.807, 2.05) is 30.3 Å². The van der Waals surface area contributed by atoms with E-state index in [4.69, 9.17) is 4.74 Å². The predicted octanol–water partition coefficient (Wildman–Crippen LogP) is 3.85. The van der Waals surface area contributed by atoms with Gasteiger partial charge in [0, 0.05) is 13.0 Å². The molecule has 0 amide bonds. The summed E-state index contributed by atoms with van der Waals surface area (Å²) in [6.45, 7) is 3.14. The van der Waals surface area contributed by atoms with Crippen LogP contribution in [-0.4, -0.2) is 19.1 Å². The van der Waals surface area contributed by atoms with Gasteiger partial charge in [-0.1, -0.05) is 36.4 Å². The van der Waals surface area contributed by atoms with Crippen LogP contribution in [0.15, 0.2) is 43.0 Å². The van der Waals surface area contributed by atoms with Gasteiger partial charge in [-0.15, -0.1) is 6.58 Å². The number of hydrogen-bond donors (Lipinski definition) is 0. The molecular weight excluding hydrogens is 222 g/mol. The maximum atomic E-state index is 13.0. The fraction of sp³-hybridized carbons (Fsp3) is 0.429. The SMILES string of the molecule is C=CCC(F)(F)COCCCc1ccccc1. The summed E-state index contributed by atoms with van der Waals surface area (Å²) in [4.78, 5) is 0. The highest BCUT2D eigenvalue weighted by atomic mass is 19.3. The molecule has 0 radical (unpaired) electrons. The van der Waals surface area contributed by atoms with E-state index in [0.717, 1.165) is 12.8 Å². The van der Waals surface area contributed by atoms with Crippen LogP contribution in [0, 0.1) is 0 Å². The zero-order chi connectivity index (χ0) is 12.6. The van der Waals surface area contributed by atoms with Gasteiger partial charge in [0.15, 0.2) is 0 Å². The molecule has 0 heterocycles. The van der Waals surface area contributed by atoms with Crippen LogP contribution < -0.4 is 0 Å². The van der Waals surface area contributed by atoms with Crippen molar-refractivity contribution in [2.75, 3.05) is 13.2 Å². The fourth-order valence-electron chi connectivity index (χ4n) is 1.51. The Morgan fingerprint density at radius 1 is 1.24 bits per heavy atom. The highest BCUT2D eigenvalue weighted by Crippen LogP contribution is 2.18. The Balaban J connectivity index is 2.11. The third-order valence-corrected chi connectivity index (χ3v) is 2.35. The molecule has 0 aromatic heterocycles. The molecule has 0 saturated carbocycles. The number of halogens is 2. The summed E-state index contributed by atoms with van der Waals surface area (Å²) in [7, 11) is 0. The van der Waals surface area contributed by atoms with E-state index in [-0.39, 0.29) is 6.42 Å². The molecule has 1 nitrogen and oxygen atoms in total. The molecule has 0 aliphatic heterocycles. The lowest BCUT2D eigenvalue weighted by Gasteiger charge is -2.14. The molecule has 1 rings (SSSR count). The van der Waals surface area contributed by atoms with Crippen LogP contribution in [0.2, 0.25) is 0 Å². The van der Waals surface area contributed by atoms with Crippen LogP contribution in [0.1, 0.15) is 18.4 Å². The van der Waals surface area contributed by atoms with E-state index in [2.05, 4.69) is 6.58 Å². The molecular formula is C14H18F2O. The molecule has 0 unspecified atom stereocenters. The van der Waals surface area contributed by atoms with Crippen LogP contribution in [-0.2, 0) is 11.2 Å². The van der Waals surface area contributed by atoms with Crippen molar-refractivity contribution in [1.29, 1.82) is 0 Å². The van der Waals surface area contributed by atoms with E-state index in [1.54, 1.807) is 0 Å². The molecule has 0 N–H and O–H groups in total. The van der Waals surface area contributed by atoms with E-state index in [1.165, 1.54) is 11.6 Å². The smallest absolute Gasteiger partial charge is 0.274 e. The first-order valence-corrected chi connectivity index (χ1v) is 5.74. The Morgan fingerprint density at radius 3 is 2.59 bits per heavy atom. The molecule has 0 saturated heterocycles. The summed E-state index contributed by atoms with van der Waals surface area (Å²) in [5.74, 6) is -2.78. The Kier molecular flexibility index (Phi) is 5.84. The minimum atomic E-state index is -2.78. The third-order valence-electron chi connectivity index (χ3n) is 2.35. The fourth-order valence-corrected chi connectivity index (χ4v) is 1.51. The average molecular weight is 240 g/mol. The topological polar surface area (TPSA) is 9.23 Å². The standard InChI is InChI=1S/C14H18F2O/c1-2-10-14(15,16)12-17-11-6-9-13-7-4-3-5-8-13/h2-5,7-8H,1,6,9-12H2. The number of alkyl halides is 2. The van der Waals surface area contributed by atoms with E-state index < -0.39 is 12.5 Å². The summed E-state index contributed by atoms with van der Waals surface area (Å²) in [6.07, 6.45) is 2.50. The van der Waals surface area contributed by atoms with Crippen molar-refractivity contribution in [3.63, 3.8) is 0 Å². The van der Waals surface area contributed by atoms with Crippen molar-refractivity contribution in [2.45, 2.75) is 25.2 Å². The number of allylic oxidation sites excluding steroid dienone is 1. The first-order valence-electron chi connectivity index (χ1n) is 5.74. The highest BCUT2D eigenvalue weighted by molar-refractivity contribution is 5.14. The molecule has 0 bridgehead atoms. The van der Waals surface area contributed by atoms with E-state index in [9.17, 15) is 8.78 Å². The van der Waals surface area contributed by atoms with Crippen molar-refractivity contribution in [2.24, 2.45) is 0 Å². The molecule has 0 spiro atoms. The van der Waals surface area contributed by atoms with Gasteiger partial charge in [0.2, 0.25) is 0 Å². The van der Waals surface area contributed by atoms with Crippen molar-refractivity contribution < 1.29 is 13.5 Å². The summed E-state index contributed by atoms with van der Waals surface area (Å²) >= 11 is 0. The van der Waals surface area contributed by atoms with Gasteiger partial charge < -0.3 is 4.74 Å². The maximum Gasteiger partial charge on any atom is 0.274 e. The molecule has 0 aliphatic carbocycles. The van der Waals surface area contributed by atoms with Gasteiger partial charge in [-0.05, 0) is 18.4 Å². The zero-order valence-electron chi connectivity index (χ0n) is 9.87. The predicted molar refractivity (Wildman–Crippen MR) is 65.3 cm³/mol. The minimum absolute atomic E-state index is 0.328. The van der Waals surface area contributed by atoms with Crippen molar-refractivity contribution in [1.82, 2.24) is 0 Å². The average Bonchev–Trinajstić information content (AvgIpc) is 2.30. The van der Waals surface area contributed by atoms with Crippen LogP contribution in [0.5, 0.6) is 0 Å². The Labute approximate surface area is 101 Å². The van der Waals surface area contributed by atoms with Gasteiger partial charge in [0.1, 0.15) is 6.61 Å². The molecule has 0 fully saturated rings. The van der Waals surface area contributed by atoms with Crippen LogP contribution in [0.4, 0.5) is 8.78 Å². The normalized spacial score (nSPS) is 11.4. The maximum absolute atomic E-state index is 13.0. The molecule has 1 aromatic rings. The molecule has 3 heteroatoms. The lowest BCUT2D eigenvalue weighted by Crippen LogP contribution is -2.23. The molecule has 0 atom stereocenters. The van der Waals surface area contributed by atoms with Crippen molar-refractivity contribution in [3.05, 3.63) is 48.6 Å². The van der Waals surface area contributed by atoms with Crippen LogP contribution in [0.25, 0.3) is 0 Å². The lowest BCUT2D eigenvalue weighted by molar-refractivity contribution is -0.0744. The monoisotopic (exact) mass is 240 g/mol. The van der Waals surface area contributed by atoms with Crippen LogP contribution >= 0.6 is 0 Å². The van der Waals surface area contributed by atoms with Crippen molar-refractivity contribution in [3.8, 4) is 0 Å². The van der Waals surface area contributed by atoms with E-state index >= 15 is 0 Å². The van der Waals surface area contributed by atoms with Crippen LogP contribution in [0.3, 0.4) is 0 Å². The number of hydrogen-bond acceptors (Lipinski definition) is 1. The minimum Gasteiger partial charge on any atom is -0.375 e. The second kappa shape index (κ2) is 7.17. The summed E-state index contributed by atoms with van der Waals surface area (Å²) in [5, 5.41) is 0. The first kappa shape index (κ1) is 13.8. The molecule has 0 aliphatic rings. The zero-order valence-corrected chi connectivity index (χ0v) is 9.87. The quantitative estimate of drug-likeness (QED) is 0.495. The Morgan fingerprint density at radius 2 is 1.94 bits per heavy atom. The number of benzene rings is 1. The molecule has 17 heavy (non-hydrogen) atoms. The van der Waals surface area contributed by atoms with E-state index in [0.29, 0.717) is 6.61 Å². The largest absolute Gasteiger partial charge is 0.375 e. The van der Waals surface area contributed by atoms with Gasteiger partial charge >= 0.3 is 0 Å². The number of ether oxygens (including phenoxy) is 1. The molecule has 94 valence electrons. The van der Waals surface area contributed by atoms with Gasteiger partial charge in [-0.25, -0.2) is 8.78 Å². The van der Waals surface area contributed by atoms with Gasteiger partial charge in [0.25, 0.3) is 5.92 Å². The molecule has 1 aromatic carbocycles. The second-order valence-corrected chi connectivity index (χ2v) is 3.99. The summed E-state index contributed by atoms with van der Waals surface area (Å²) in [6, 6.07) is 9.93. The summed E-state index contributed by atoms with van der Waals surface area (Å²) in [5.41, 5.74) is 1.20. The van der Waals surface area contributed by atoms with Crippen molar-refractivity contribution >= 4 is 0 Å². The Bertz CT molecular complexity index is 322. The van der Waals surface area contributed by atoms with Gasteiger partial charge in [-0.2, -0.15) is 0 Å². The number of aryl methyl sites for hydroxylation is 1. The second-order valence-electron chi connectivity index (χ2n) is 3.99. The Hall–Kier alpha value is -1.22. The van der Waals surface area contributed by atoms with Gasteiger partial charge in [0.05, 0.1) is 0 Å². The van der Waals surface area contributed by atoms with Gasteiger partial charge in [-0.3, -0.25) is 0 Å². The lowest BCUT2D eigenvalue weighted by atomic mass is 10.1. The first-order chi connectivity index (χ1) is 8.14. The third kappa shape index (κ3) is 6.17. The highest BCUT2D eigenvalue weighted by Gasteiger charge is 2.26. The number of rotatable bonds is 8. The summed E-state index contributed by atoms with van der Waals surface area (Å²) < 4.78 is 30.9.